The Balaban J connectivity index is 4.13. The topological polar surface area (TPSA) is 0 Å². The van der Waals surface area contributed by atoms with Crippen molar-refractivity contribution >= 4 is 0 Å². The Labute approximate surface area is 70.3 Å². The molecule has 60 valence electrons. The summed E-state index contributed by atoms with van der Waals surface area (Å²) < 4.78 is 0. The molecule has 0 saturated heterocycles. The average molecular weight is 149 g/mol. The van der Waals surface area contributed by atoms with Crippen molar-refractivity contribution in [3.8, 4) is 0 Å². The number of hydrogen-bond donors (Lipinski definition) is 0. The molecule has 0 rings (SSSR count). The van der Waals surface area contributed by atoms with E-state index in [4.69, 9.17) is 0 Å². The van der Waals surface area contributed by atoms with Crippen molar-refractivity contribution in [3.63, 3.8) is 0 Å². The van der Waals surface area contributed by atoms with Gasteiger partial charge in [0.2, 0.25) is 0 Å². The molecule has 0 aliphatic heterocycles. The summed E-state index contributed by atoms with van der Waals surface area (Å²) in [6, 6.07) is 0. The molecule has 0 aromatic heterocycles. The minimum atomic E-state index is 0.285. The summed E-state index contributed by atoms with van der Waals surface area (Å²) in [4.78, 5) is 0. The molecule has 0 bridgehead atoms. The molecule has 0 fully saturated rings. The first-order valence-electron chi connectivity index (χ1n) is 4.03. The minimum absolute atomic E-state index is 0.285. The second-order valence-corrected chi connectivity index (χ2v) is 2.49. The lowest BCUT2D eigenvalue weighted by atomic mass is 10.1. The van der Waals surface area contributed by atoms with Crippen LogP contribution in [0.25, 0.3) is 0 Å². The van der Waals surface area contributed by atoms with Crippen molar-refractivity contribution in [1.29, 1.82) is 0 Å². The van der Waals surface area contributed by atoms with E-state index in [1.165, 1.54) is 5.57 Å². The van der Waals surface area contributed by atoms with E-state index in [9.17, 15) is 0 Å². The van der Waals surface area contributed by atoms with Gasteiger partial charge in [0, 0.05) is 0 Å². The molecule has 0 aromatic rings. The number of allylic oxidation sites excluding steroid dienone is 5. The van der Waals surface area contributed by atoms with Gasteiger partial charge in [0.1, 0.15) is 5.92 Å². The van der Waals surface area contributed by atoms with Gasteiger partial charge in [-0.3, -0.25) is 0 Å². The summed E-state index contributed by atoms with van der Waals surface area (Å²) in [5, 5.41) is 0. The fourth-order valence-corrected chi connectivity index (χ4v) is 0.908. The van der Waals surface area contributed by atoms with Crippen molar-refractivity contribution in [1.82, 2.24) is 0 Å². The first kappa shape index (κ1) is 10.1. The van der Waals surface area contributed by atoms with Crippen LogP contribution in [0.5, 0.6) is 0 Å². The van der Waals surface area contributed by atoms with Crippen LogP contribution in [0, 0.1) is 12.8 Å². The molecule has 0 radical (unpaired) electrons. The van der Waals surface area contributed by atoms with Gasteiger partial charge in [-0.15, -0.1) is 0 Å². The van der Waals surface area contributed by atoms with Gasteiger partial charge < -0.3 is 0 Å². The second-order valence-electron chi connectivity index (χ2n) is 2.49. The molecule has 0 nitrogen and oxygen atoms in total. The van der Waals surface area contributed by atoms with Crippen LogP contribution in [-0.2, 0) is 0 Å². The van der Waals surface area contributed by atoms with Crippen molar-refractivity contribution in [2.24, 2.45) is 5.92 Å². The standard InChI is InChI=1S/C11H17/c1-5-8-10(4)9-11(6-2)7-3/h5-6,8-10H,2,4,7H2,1,3H3/q+1. The summed E-state index contributed by atoms with van der Waals surface area (Å²) in [5.74, 6) is 0.285. The summed E-state index contributed by atoms with van der Waals surface area (Å²) >= 11 is 0. The first-order valence-corrected chi connectivity index (χ1v) is 4.03. The summed E-state index contributed by atoms with van der Waals surface area (Å²) in [6.07, 6.45) is 9.14. The van der Waals surface area contributed by atoms with Gasteiger partial charge >= 0.3 is 0 Å². The Kier molecular flexibility index (Phi) is 5.36. The Morgan fingerprint density at radius 1 is 1.64 bits per heavy atom. The van der Waals surface area contributed by atoms with Crippen molar-refractivity contribution in [2.75, 3.05) is 0 Å². The molecule has 0 aliphatic rings. The van der Waals surface area contributed by atoms with E-state index >= 15 is 0 Å². The van der Waals surface area contributed by atoms with E-state index < -0.39 is 0 Å². The van der Waals surface area contributed by atoms with Crippen LogP contribution in [0.4, 0.5) is 0 Å². The highest BCUT2D eigenvalue weighted by Gasteiger charge is 1.98. The third-order valence-electron chi connectivity index (χ3n) is 1.54. The highest BCUT2D eigenvalue weighted by atomic mass is 14.0. The van der Waals surface area contributed by atoms with Crippen LogP contribution >= 0.6 is 0 Å². The molecule has 0 heterocycles. The normalized spacial score (nSPS) is 15.3. The molecule has 0 amide bonds. The van der Waals surface area contributed by atoms with E-state index in [1.54, 1.807) is 0 Å². The van der Waals surface area contributed by atoms with Gasteiger partial charge in [-0.1, -0.05) is 25.7 Å². The monoisotopic (exact) mass is 149 g/mol. The van der Waals surface area contributed by atoms with Crippen LogP contribution in [0.2, 0.25) is 0 Å². The Hall–Kier alpha value is -0.910. The number of hydrogen-bond acceptors (Lipinski definition) is 0. The van der Waals surface area contributed by atoms with Crippen LogP contribution < -0.4 is 0 Å². The van der Waals surface area contributed by atoms with Crippen LogP contribution in [-0.4, -0.2) is 0 Å². The second kappa shape index (κ2) is 5.84. The van der Waals surface area contributed by atoms with E-state index in [0.717, 1.165) is 6.42 Å². The molecule has 1 unspecified atom stereocenters. The van der Waals surface area contributed by atoms with Gasteiger partial charge in [-0.05, 0) is 31.1 Å². The van der Waals surface area contributed by atoms with Gasteiger partial charge in [-0.2, -0.15) is 0 Å². The van der Waals surface area contributed by atoms with E-state index in [-0.39, 0.29) is 5.92 Å². The van der Waals surface area contributed by atoms with Gasteiger partial charge in [0.05, 0.1) is 6.92 Å². The third kappa shape index (κ3) is 4.49. The maximum absolute atomic E-state index is 3.95. The zero-order valence-electron chi connectivity index (χ0n) is 7.51. The molecule has 0 aliphatic carbocycles. The van der Waals surface area contributed by atoms with Crippen LogP contribution in [0.3, 0.4) is 0 Å². The summed E-state index contributed by atoms with van der Waals surface area (Å²) in [6.45, 7) is 11.8. The predicted molar refractivity (Wildman–Crippen MR) is 52.2 cm³/mol. The molecule has 0 N–H and O–H groups in total. The summed E-state index contributed by atoms with van der Waals surface area (Å²) in [5.41, 5.74) is 1.27. The van der Waals surface area contributed by atoms with Crippen LogP contribution in [0.1, 0.15) is 20.3 Å². The lowest BCUT2D eigenvalue weighted by Crippen LogP contribution is -1.85. The SMILES string of the molecule is C=CC(=CC([CH2+])C=CC)CC. The molecule has 0 spiro atoms. The van der Waals surface area contributed by atoms with Crippen molar-refractivity contribution in [3.05, 3.63) is 43.4 Å². The highest BCUT2D eigenvalue weighted by molar-refractivity contribution is 5.19. The average Bonchev–Trinajstić information content (AvgIpc) is 2.01. The maximum Gasteiger partial charge on any atom is 0.132 e. The first-order chi connectivity index (χ1) is 5.24. The van der Waals surface area contributed by atoms with Gasteiger partial charge in [-0.25, -0.2) is 0 Å². The van der Waals surface area contributed by atoms with E-state index in [1.807, 2.05) is 19.1 Å². The minimum Gasteiger partial charge on any atom is -0.0988 e. The Morgan fingerprint density at radius 2 is 2.27 bits per heavy atom. The molecule has 1 atom stereocenters. The van der Waals surface area contributed by atoms with E-state index in [2.05, 4.69) is 32.6 Å². The fourth-order valence-electron chi connectivity index (χ4n) is 0.908. The Bertz CT molecular complexity index is 161. The third-order valence-corrected chi connectivity index (χ3v) is 1.54. The zero-order valence-corrected chi connectivity index (χ0v) is 7.51. The lowest BCUT2D eigenvalue weighted by molar-refractivity contribution is 1.01. The summed E-state index contributed by atoms with van der Waals surface area (Å²) in [7, 11) is 0. The predicted octanol–water partition coefficient (Wildman–Crippen LogP) is 3.54. The molecular weight excluding hydrogens is 132 g/mol. The lowest BCUT2D eigenvalue weighted by Gasteiger charge is -1.95. The quantitative estimate of drug-likeness (QED) is 0.326. The molecular formula is C11H17+. The smallest absolute Gasteiger partial charge is 0.0988 e. The Morgan fingerprint density at radius 3 is 2.64 bits per heavy atom. The van der Waals surface area contributed by atoms with Crippen molar-refractivity contribution < 1.29 is 0 Å². The molecule has 0 saturated carbocycles. The largest absolute Gasteiger partial charge is 0.132 e. The van der Waals surface area contributed by atoms with Crippen LogP contribution in [0.15, 0.2) is 36.5 Å². The maximum atomic E-state index is 3.95. The van der Waals surface area contributed by atoms with Gasteiger partial charge in [0.15, 0.2) is 0 Å². The number of rotatable bonds is 4. The molecule has 0 aromatic carbocycles. The van der Waals surface area contributed by atoms with Crippen molar-refractivity contribution in [2.45, 2.75) is 20.3 Å². The van der Waals surface area contributed by atoms with E-state index in [0.29, 0.717) is 0 Å². The van der Waals surface area contributed by atoms with Gasteiger partial charge in [0.25, 0.3) is 0 Å². The zero-order chi connectivity index (χ0) is 8.69. The highest BCUT2D eigenvalue weighted by Crippen LogP contribution is 2.08. The molecule has 11 heavy (non-hydrogen) atoms. The molecule has 0 heteroatoms. The fraction of sp³-hybridized carbons (Fsp3) is 0.364.